The van der Waals surface area contributed by atoms with Gasteiger partial charge in [-0.05, 0) is 43.6 Å². The molecule has 2 bridgehead atoms. The SMILES string of the molecule is C=CCCC(=O)N[C@@H](COC)[C@@H](OC(=O)[C@@H]1[C@@H]2CC[C@]3(O2)[C@H](C(=O)N(CC=C)CCCCC)N([C@@H](CO)CC(C)C)C(=O)[C@@H]13)c1ccccc1. The largest absolute Gasteiger partial charge is 0.455 e. The summed E-state index contributed by atoms with van der Waals surface area (Å²) in [7, 11) is 1.51. The number of aliphatic hydroxyl groups is 1. The summed E-state index contributed by atoms with van der Waals surface area (Å²) in [6.45, 7) is 14.2. The summed E-state index contributed by atoms with van der Waals surface area (Å²) < 4.78 is 18.5. The smallest absolute Gasteiger partial charge is 0.313 e. The van der Waals surface area contributed by atoms with Crippen LogP contribution in [0, 0.1) is 17.8 Å². The van der Waals surface area contributed by atoms with Crippen molar-refractivity contribution in [2.75, 3.05) is 33.4 Å². The molecule has 0 aromatic heterocycles. The van der Waals surface area contributed by atoms with E-state index in [0.29, 0.717) is 44.3 Å². The highest BCUT2D eigenvalue weighted by atomic mass is 16.6. The molecule has 11 nitrogen and oxygen atoms in total. The third-order valence-corrected chi connectivity index (χ3v) is 10.3. The molecule has 8 atom stereocenters. The Morgan fingerprint density at radius 3 is 2.54 bits per heavy atom. The number of nitrogens with one attached hydrogen (secondary N) is 1. The van der Waals surface area contributed by atoms with Gasteiger partial charge in [0, 0.05) is 26.6 Å². The van der Waals surface area contributed by atoms with Crippen molar-refractivity contribution in [3.8, 4) is 0 Å². The maximum Gasteiger partial charge on any atom is 0.313 e. The van der Waals surface area contributed by atoms with Gasteiger partial charge in [-0.2, -0.15) is 0 Å². The number of ether oxygens (including phenoxy) is 3. The molecule has 0 saturated carbocycles. The van der Waals surface area contributed by atoms with Crippen LogP contribution in [0.25, 0.3) is 0 Å². The number of carbonyl (C=O) groups is 4. The number of carbonyl (C=O) groups excluding carboxylic acids is 4. The molecule has 4 rings (SSSR count). The van der Waals surface area contributed by atoms with E-state index in [1.165, 1.54) is 12.0 Å². The summed E-state index contributed by atoms with van der Waals surface area (Å²) in [6.07, 6.45) is 6.60. The molecule has 50 heavy (non-hydrogen) atoms. The van der Waals surface area contributed by atoms with E-state index in [4.69, 9.17) is 14.2 Å². The molecule has 3 aliphatic heterocycles. The zero-order valence-corrected chi connectivity index (χ0v) is 30.3. The van der Waals surface area contributed by atoms with Crippen molar-refractivity contribution in [2.45, 2.75) is 108 Å². The molecule has 0 unspecified atom stereocenters. The number of likely N-dealkylation sites (tertiary alicyclic amines) is 1. The molecule has 0 aliphatic carbocycles. The van der Waals surface area contributed by atoms with Gasteiger partial charge in [-0.1, -0.05) is 76.1 Å². The lowest BCUT2D eigenvalue weighted by Crippen LogP contribution is -2.59. The molecule has 3 saturated heterocycles. The van der Waals surface area contributed by atoms with E-state index in [2.05, 4.69) is 25.4 Å². The summed E-state index contributed by atoms with van der Waals surface area (Å²) in [4.78, 5) is 60.0. The number of methoxy groups -OCH3 is 1. The van der Waals surface area contributed by atoms with Gasteiger partial charge in [0.05, 0.1) is 43.2 Å². The van der Waals surface area contributed by atoms with E-state index < -0.39 is 53.7 Å². The minimum Gasteiger partial charge on any atom is -0.455 e. The normalized spacial score (nSPS) is 25.6. The standard InChI is InChI=1S/C39H57N3O8/c1-7-10-15-22-41(21-9-3)37(46)35-39-20-19-30(50-39)32(33(39)36(45)42(35)28(24-43)23-26(4)5)38(47)49-34(27-16-13-12-14-17-27)29(25-48-6)40-31(44)18-11-8-2/h8-9,12-14,16-17,26,28-30,32-35,43H,2-3,7,10-11,15,18-25H2,1,4-6H3,(H,40,44)/t28-,29+,30+,32-,33-,34+,35+,39-/m1/s1. The van der Waals surface area contributed by atoms with Crippen LogP contribution in [0.3, 0.4) is 0 Å². The Kier molecular flexibility index (Phi) is 14.2. The number of allylic oxidation sites excluding steroid dienone is 1. The van der Waals surface area contributed by atoms with Crippen LogP contribution in [0.15, 0.2) is 55.6 Å². The molecular weight excluding hydrogens is 638 g/mol. The van der Waals surface area contributed by atoms with Crippen LogP contribution in [0.1, 0.15) is 83.8 Å². The van der Waals surface area contributed by atoms with Gasteiger partial charge >= 0.3 is 5.97 Å². The van der Waals surface area contributed by atoms with Crippen LogP contribution in [0.4, 0.5) is 0 Å². The van der Waals surface area contributed by atoms with E-state index >= 15 is 0 Å². The number of esters is 1. The van der Waals surface area contributed by atoms with Gasteiger partial charge in [0.15, 0.2) is 0 Å². The average Bonchev–Trinajstić information content (AvgIpc) is 3.75. The zero-order valence-electron chi connectivity index (χ0n) is 30.3. The third kappa shape index (κ3) is 8.32. The number of rotatable bonds is 21. The average molecular weight is 696 g/mol. The lowest BCUT2D eigenvalue weighted by molar-refractivity contribution is -0.163. The van der Waals surface area contributed by atoms with E-state index in [-0.39, 0.29) is 43.3 Å². The molecule has 276 valence electrons. The Labute approximate surface area is 297 Å². The van der Waals surface area contributed by atoms with Gasteiger partial charge in [0.1, 0.15) is 17.7 Å². The first-order chi connectivity index (χ1) is 24.1. The van der Waals surface area contributed by atoms with Gasteiger partial charge in [0.2, 0.25) is 17.7 Å². The maximum atomic E-state index is 14.7. The first kappa shape index (κ1) is 39.2. The van der Waals surface area contributed by atoms with E-state index in [9.17, 15) is 24.3 Å². The van der Waals surface area contributed by atoms with Gasteiger partial charge in [-0.15, -0.1) is 13.2 Å². The fourth-order valence-electron chi connectivity index (χ4n) is 8.15. The number of benzene rings is 1. The van der Waals surface area contributed by atoms with Crippen LogP contribution in [-0.4, -0.2) is 102 Å². The van der Waals surface area contributed by atoms with Crippen molar-refractivity contribution in [1.82, 2.24) is 15.1 Å². The van der Waals surface area contributed by atoms with Crippen LogP contribution in [-0.2, 0) is 33.4 Å². The minimum absolute atomic E-state index is 0.0679. The molecule has 11 heteroatoms. The third-order valence-electron chi connectivity index (χ3n) is 10.3. The topological polar surface area (TPSA) is 135 Å². The Bertz CT molecular complexity index is 1340. The molecule has 3 fully saturated rings. The van der Waals surface area contributed by atoms with Gasteiger partial charge in [-0.3, -0.25) is 19.2 Å². The van der Waals surface area contributed by atoms with Crippen LogP contribution >= 0.6 is 0 Å². The first-order valence-electron chi connectivity index (χ1n) is 18.2. The molecule has 3 aliphatic rings. The van der Waals surface area contributed by atoms with E-state index in [0.717, 1.165) is 19.3 Å². The summed E-state index contributed by atoms with van der Waals surface area (Å²) in [5.74, 6) is -3.31. The highest BCUT2D eigenvalue weighted by Gasteiger charge is 2.75. The van der Waals surface area contributed by atoms with Crippen LogP contribution < -0.4 is 5.32 Å². The summed E-state index contributed by atoms with van der Waals surface area (Å²) in [6, 6.07) is 6.77. The molecule has 1 spiro atoms. The molecule has 3 heterocycles. The Hall–Kier alpha value is -3.54. The monoisotopic (exact) mass is 695 g/mol. The maximum absolute atomic E-state index is 14.7. The highest BCUT2D eigenvalue weighted by molar-refractivity contribution is 5.98. The van der Waals surface area contributed by atoms with Gasteiger partial charge in [0.25, 0.3) is 0 Å². The second-order valence-corrected chi connectivity index (χ2v) is 14.3. The minimum atomic E-state index is -1.25. The van der Waals surface area contributed by atoms with Crippen LogP contribution in [0.5, 0.6) is 0 Å². The van der Waals surface area contributed by atoms with E-state index in [1.807, 2.05) is 44.2 Å². The van der Waals surface area contributed by atoms with Gasteiger partial charge in [-0.25, -0.2) is 0 Å². The predicted molar refractivity (Wildman–Crippen MR) is 190 cm³/mol. The second kappa shape index (κ2) is 18.1. The molecule has 3 amide bonds. The number of fused-ring (bicyclic) bond motifs is 1. The first-order valence-corrected chi connectivity index (χ1v) is 18.2. The van der Waals surface area contributed by atoms with Crippen molar-refractivity contribution in [1.29, 1.82) is 0 Å². The summed E-state index contributed by atoms with van der Waals surface area (Å²) >= 11 is 0. The number of unbranched alkanes of at least 4 members (excludes halogenated alkanes) is 2. The van der Waals surface area contributed by atoms with Crippen LogP contribution in [0.2, 0.25) is 0 Å². The fourth-order valence-corrected chi connectivity index (χ4v) is 8.15. The molecule has 0 radical (unpaired) electrons. The zero-order chi connectivity index (χ0) is 36.4. The molecular formula is C39H57N3O8. The molecule has 2 N–H and O–H groups in total. The summed E-state index contributed by atoms with van der Waals surface area (Å²) in [5, 5.41) is 13.6. The van der Waals surface area contributed by atoms with Crippen molar-refractivity contribution in [3.63, 3.8) is 0 Å². The van der Waals surface area contributed by atoms with Crippen molar-refractivity contribution in [3.05, 3.63) is 61.2 Å². The van der Waals surface area contributed by atoms with Crippen molar-refractivity contribution >= 4 is 23.7 Å². The molecule has 1 aromatic carbocycles. The van der Waals surface area contributed by atoms with Crippen molar-refractivity contribution in [2.24, 2.45) is 17.8 Å². The predicted octanol–water partition coefficient (Wildman–Crippen LogP) is 4.35. The second-order valence-electron chi connectivity index (χ2n) is 14.3. The number of hydrogen-bond acceptors (Lipinski definition) is 8. The lowest BCUT2D eigenvalue weighted by Gasteiger charge is -2.39. The molecule has 1 aromatic rings. The highest BCUT2D eigenvalue weighted by Crippen LogP contribution is 2.59. The van der Waals surface area contributed by atoms with Gasteiger partial charge < -0.3 is 34.4 Å². The van der Waals surface area contributed by atoms with Crippen molar-refractivity contribution < 1.29 is 38.5 Å². The Balaban J connectivity index is 1.72. The fraction of sp³-hybridized carbons (Fsp3) is 0.641. The Morgan fingerprint density at radius 2 is 1.92 bits per heavy atom. The number of nitrogens with zero attached hydrogens (tertiary/aromatic N) is 2. The number of aliphatic hydroxyl groups excluding tert-OH is 1. The summed E-state index contributed by atoms with van der Waals surface area (Å²) in [5.41, 5.74) is -0.591. The number of hydrogen-bond donors (Lipinski definition) is 2. The lowest BCUT2D eigenvalue weighted by atomic mass is 9.70. The number of amides is 3. The quantitative estimate of drug-likeness (QED) is 0.110. The van der Waals surface area contributed by atoms with E-state index in [1.54, 1.807) is 17.1 Å². The Morgan fingerprint density at radius 1 is 1.18 bits per heavy atom.